The minimum atomic E-state index is -0.339. The minimum Gasteiger partial charge on any atom is -0.271 e. The Balaban J connectivity index is 2.45. The molecule has 0 spiro atoms. The molecule has 0 aliphatic heterocycles. The van der Waals surface area contributed by atoms with Crippen LogP contribution in [0.15, 0.2) is 36.5 Å². The summed E-state index contributed by atoms with van der Waals surface area (Å²) in [6.07, 6.45) is 1.56. The summed E-state index contributed by atoms with van der Waals surface area (Å²) >= 11 is 18.0. The average Bonchev–Trinajstić information content (AvgIpc) is 2.37. The highest BCUT2D eigenvalue weighted by molar-refractivity contribution is 6.42. The molecule has 0 saturated carbocycles. The molecule has 2 rings (SSSR count). The van der Waals surface area contributed by atoms with E-state index in [1.807, 2.05) is 12.1 Å². The highest BCUT2D eigenvalue weighted by Gasteiger charge is 2.18. The molecule has 1 aromatic carbocycles. The largest absolute Gasteiger partial charge is 0.271 e. The van der Waals surface area contributed by atoms with Crippen LogP contribution in [-0.2, 0) is 0 Å². The molecule has 18 heavy (non-hydrogen) atoms. The standard InChI is InChI=1S/C12H10Cl3N3/c13-7-4-5-10(17-6-7)12(18-16)8-2-1-3-9(14)11(8)15/h1-6,12,18H,16H2. The number of pyridine rings is 1. The van der Waals surface area contributed by atoms with Gasteiger partial charge in [-0.05, 0) is 23.8 Å². The van der Waals surface area contributed by atoms with E-state index in [2.05, 4.69) is 10.4 Å². The van der Waals surface area contributed by atoms with Crippen molar-refractivity contribution in [2.45, 2.75) is 6.04 Å². The third kappa shape index (κ3) is 2.76. The van der Waals surface area contributed by atoms with Crippen LogP contribution in [0.2, 0.25) is 15.1 Å². The van der Waals surface area contributed by atoms with Gasteiger partial charge in [0, 0.05) is 6.20 Å². The van der Waals surface area contributed by atoms with Crippen molar-refractivity contribution in [2.24, 2.45) is 5.84 Å². The zero-order valence-electron chi connectivity index (χ0n) is 9.20. The van der Waals surface area contributed by atoms with Crippen LogP contribution in [-0.4, -0.2) is 4.98 Å². The van der Waals surface area contributed by atoms with Crippen LogP contribution in [0.4, 0.5) is 0 Å². The summed E-state index contributed by atoms with van der Waals surface area (Å²) in [7, 11) is 0. The summed E-state index contributed by atoms with van der Waals surface area (Å²) < 4.78 is 0. The van der Waals surface area contributed by atoms with Gasteiger partial charge >= 0.3 is 0 Å². The summed E-state index contributed by atoms with van der Waals surface area (Å²) in [6, 6.07) is 8.56. The van der Waals surface area contributed by atoms with Crippen LogP contribution in [0.25, 0.3) is 0 Å². The second kappa shape index (κ2) is 5.87. The van der Waals surface area contributed by atoms with Crippen LogP contribution < -0.4 is 11.3 Å². The van der Waals surface area contributed by atoms with Crippen molar-refractivity contribution in [3.05, 3.63) is 62.9 Å². The molecule has 0 saturated heterocycles. The van der Waals surface area contributed by atoms with Gasteiger partial charge in [0.15, 0.2) is 0 Å². The summed E-state index contributed by atoms with van der Waals surface area (Å²) in [5, 5.41) is 1.49. The average molecular weight is 303 g/mol. The SMILES string of the molecule is NNC(c1ccc(Cl)cn1)c1cccc(Cl)c1Cl. The van der Waals surface area contributed by atoms with E-state index in [9.17, 15) is 0 Å². The van der Waals surface area contributed by atoms with Gasteiger partial charge < -0.3 is 0 Å². The molecule has 3 nitrogen and oxygen atoms in total. The molecule has 0 aliphatic rings. The van der Waals surface area contributed by atoms with Gasteiger partial charge in [0.25, 0.3) is 0 Å². The monoisotopic (exact) mass is 301 g/mol. The summed E-state index contributed by atoms with van der Waals surface area (Å²) in [6.45, 7) is 0. The molecule has 3 N–H and O–H groups in total. The summed E-state index contributed by atoms with van der Waals surface area (Å²) in [4.78, 5) is 4.22. The van der Waals surface area contributed by atoms with Gasteiger partial charge in [0.05, 0.1) is 26.8 Å². The predicted octanol–water partition coefficient (Wildman–Crippen LogP) is 3.59. The predicted molar refractivity (Wildman–Crippen MR) is 74.9 cm³/mol. The Morgan fingerprint density at radius 1 is 1.11 bits per heavy atom. The van der Waals surface area contributed by atoms with E-state index in [0.29, 0.717) is 20.8 Å². The van der Waals surface area contributed by atoms with E-state index < -0.39 is 0 Å². The maximum Gasteiger partial charge on any atom is 0.0896 e. The number of rotatable bonds is 3. The zero-order chi connectivity index (χ0) is 13.1. The molecule has 6 heteroatoms. The van der Waals surface area contributed by atoms with Gasteiger partial charge in [-0.3, -0.25) is 10.8 Å². The number of nitrogens with one attached hydrogen (secondary N) is 1. The lowest BCUT2D eigenvalue weighted by Crippen LogP contribution is -2.29. The lowest BCUT2D eigenvalue weighted by molar-refractivity contribution is 0.621. The van der Waals surface area contributed by atoms with Gasteiger partial charge in [0.2, 0.25) is 0 Å². The lowest BCUT2D eigenvalue weighted by atomic mass is 10.0. The van der Waals surface area contributed by atoms with Crippen molar-refractivity contribution in [2.75, 3.05) is 0 Å². The van der Waals surface area contributed by atoms with Crippen LogP contribution in [0, 0.1) is 0 Å². The summed E-state index contributed by atoms with van der Waals surface area (Å²) in [5.74, 6) is 5.57. The Kier molecular flexibility index (Phi) is 4.43. The number of aromatic nitrogens is 1. The highest BCUT2D eigenvalue weighted by Crippen LogP contribution is 2.32. The zero-order valence-corrected chi connectivity index (χ0v) is 11.5. The maximum atomic E-state index is 6.17. The Hall–Kier alpha value is -0.840. The smallest absolute Gasteiger partial charge is 0.0896 e. The molecule has 1 heterocycles. The molecule has 0 bridgehead atoms. The quantitative estimate of drug-likeness (QED) is 0.673. The normalized spacial score (nSPS) is 12.4. The number of nitrogens with two attached hydrogens (primary N) is 1. The fourth-order valence-corrected chi connectivity index (χ4v) is 2.16. The Morgan fingerprint density at radius 3 is 2.50 bits per heavy atom. The van der Waals surface area contributed by atoms with Crippen molar-refractivity contribution < 1.29 is 0 Å². The molecule has 2 aromatic rings. The molecule has 0 fully saturated rings. The van der Waals surface area contributed by atoms with Gasteiger partial charge in [-0.15, -0.1) is 0 Å². The molecular weight excluding hydrogens is 293 g/mol. The molecule has 1 atom stereocenters. The third-order valence-corrected chi connectivity index (χ3v) is 3.56. The van der Waals surface area contributed by atoms with Gasteiger partial charge in [-0.2, -0.15) is 0 Å². The topological polar surface area (TPSA) is 50.9 Å². The maximum absolute atomic E-state index is 6.17. The van der Waals surface area contributed by atoms with Gasteiger partial charge in [-0.25, -0.2) is 5.43 Å². The first-order valence-electron chi connectivity index (χ1n) is 5.15. The molecular formula is C12H10Cl3N3. The van der Waals surface area contributed by atoms with E-state index in [0.717, 1.165) is 5.56 Å². The van der Waals surface area contributed by atoms with Crippen LogP contribution in [0.1, 0.15) is 17.3 Å². The van der Waals surface area contributed by atoms with Crippen LogP contribution in [0.3, 0.4) is 0 Å². The van der Waals surface area contributed by atoms with Crippen molar-refractivity contribution in [3.63, 3.8) is 0 Å². The number of hydrazine groups is 1. The Morgan fingerprint density at radius 2 is 1.89 bits per heavy atom. The molecule has 0 amide bonds. The summed E-state index contributed by atoms with van der Waals surface area (Å²) in [5.41, 5.74) is 4.15. The van der Waals surface area contributed by atoms with Crippen molar-refractivity contribution in [3.8, 4) is 0 Å². The Labute approximate surface area is 120 Å². The van der Waals surface area contributed by atoms with Crippen LogP contribution >= 0.6 is 34.8 Å². The fourth-order valence-electron chi connectivity index (χ4n) is 1.64. The second-order valence-electron chi connectivity index (χ2n) is 3.64. The molecule has 0 radical (unpaired) electrons. The first-order chi connectivity index (χ1) is 8.63. The van der Waals surface area contributed by atoms with Crippen molar-refractivity contribution in [1.82, 2.24) is 10.4 Å². The number of hydrogen-bond acceptors (Lipinski definition) is 3. The lowest BCUT2D eigenvalue weighted by Gasteiger charge is -2.17. The van der Waals surface area contributed by atoms with Crippen molar-refractivity contribution >= 4 is 34.8 Å². The first kappa shape index (κ1) is 13.6. The first-order valence-corrected chi connectivity index (χ1v) is 6.28. The number of hydrogen-bond donors (Lipinski definition) is 2. The number of benzene rings is 1. The van der Waals surface area contributed by atoms with Gasteiger partial charge in [0.1, 0.15) is 0 Å². The van der Waals surface area contributed by atoms with Gasteiger partial charge in [-0.1, -0.05) is 46.9 Å². The number of nitrogens with zero attached hydrogens (tertiary/aromatic N) is 1. The van der Waals surface area contributed by atoms with E-state index in [-0.39, 0.29) is 6.04 Å². The third-order valence-electron chi connectivity index (χ3n) is 2.51. The van der Waals surface area contributed by atoms with Crippen LogP contribution in [0.5, 0.6) is 0 Å². The van der Waals surface area contributed by atoms with E-state index in [4.69, 9.17) is 40.6 Å². The molecule has 94 valence electrons. The fraction of sp³-hybridized carbons (Fsp3) is 0.0833. The Bertz CT molecular complexity index is 543. The second-order valence-corrected chi connectivity index (χ2v) is 4.87. The van der Waals surface area contributed by atoms with E-state index in [1.54, 1.807) is 24.4 Å². The molecule has 1 aromatic heterocycles. The van der Waals surface area contributed by atoms with Crippen molar-refractivity contribution in [1.29, 1.82) is 0 Å². The number of halogens is 3. The molecule has 0 aliphatic carbocycles. The molecule has 1 unspecified atom stereocenters. The highest BCUT2D eigenvalue weighted by atomic mass is 35.5. The minimum absolute atomic E-state index is 0.339. The van der Waals surface area contributed by atoms with E-state index >= 15 is 0 Å². The van der Waals surface area contributed by atoms with E-state index in [1.165, 1.54) is 0 Å².